The summed E-state index contributed by atoms with van der Waals surface area (Å²) in [6.07, 6.45) is 4.21. The molecule has 0 saturated carbocycles. The largest absolute Gasteiger partial charge is 0.248 e. The number of rotatable bonds is 3. The fourth-order valence-electron chi connectivity index (χ4n) is 2.56. The molecule has 4 aromatic rings. The monoisotopic (exact) mass is 313 g/mol. The van der Waals surface area contributed by atoms with Gasteiger partial charge in [0.15, 0.2) is 0 Å². The Morgan fingerprint density at radius 2 is 1.57 bits per heavy atom. The van der Waals surface area contributed by atoms with Crippen molar-refractivity contribution in [2.75, 3.05) is 0 Å². The predicted octanol–water partition coefficient (Wildman–Crippen LogP) is 6.13. The fourth-order valence-corrected chi connectivity index (χ4v) is 3.37. The quantitative estimate of drug-likeness (QED) is 0.443. The fraction of sp³-hybridized carbons (Fsp3) is 0. The molecular formula is C21H15NS. The third-order valence-corrected chi connectivity index (χ3v) is 4.66. The lowest BCUT2D eigenvalue weighted by molar-refractivity contribution is 1.37. The van der Waals surface area contributed by atoms with Gasteiger partial charge >= 0.3 is 0 Å². The summed E-state index contributed by atoms with van der Waals surface area (Å²) in [6, 6.07) is 25.1. The average molecular weight is 313 g/mol. The lowest BCUT2D eigenvalue weighted by Gasteiger charge is -1.98. The summed E-state index contributed by atoms with van der Waals surface area (Å²) in [5.74, 6) is 0. The molecule has 0 aliphatic carbocycles. The Kier molecular flexibility index (Phi) is 3.75. The molecule has 2 heteroatoms. The zero-order chi connectivity index (χ0) is 15.5. The third-order valence-electron chi connectivity index (χ3n) is 3.77. The number of benzene rings is 2. The van der Waals surface area contributed by atoms with Crippen LogP contribution >= 0.6 is 11.3 Å². The van der Waals surface area contributed by atoms with Crippen LogP contribution in [0.2, 0.25) is 0 Å². The zero-order valence-corrected chi connectivity index (χ0v) is 13.3. The highest BCUT2D eigenvalue weighted by Gasteiger charge is 2.00. The molecule has 2 heterocycles. The van der Waals surface area contributed by atoms with Crippen LogP contribution < -0.4 is 0 Å². The minimum absolute atomic E-state index is 0.985. The van der Waals surface area contributed by atoms with Gasteiger partial charge in [0.25, 0.3) is 0 Å². The van der Waals surface area contributed by atoms with Crippen molar-refractivity contribution in [3.05, 3.63) is 88.7 Å². The highest BCUT2D eigenvalue weighted by Crippen LogP contribution is 2.26. The van der Waals surface area contributed by atoms with E-state index in [-0.39, 0.29) is 0 Å². The van der Waals surface area contributed by atoms with Gasteiger partial charge in [0, 0.05) is 10.3 Å². The molecule has 0 aliphatic rings. The van der Waals surface area contributed by atoms with Gasteiger partial charge in [0.2, 0.25) is 0 Å². The van der Waals surface area contributed by atoms with Crippen molar-refractivity contribution in [2.24, 2.45) is 0 Å². The van der Waals surface area contributed by atoms with Crippen molar-refractivity contribution in [1.82, 2.24) is 4.98 Å². The Morgan fingerprint density at radius 1 is 0.739 bits per heavy atom. The Labute approximate surface area is 139 Å². The van der Waals surface area contributed by atoms with Gasteiger partial charge in [-0.2, -0.15) is 0 Å². The average Bonchev–Trinajstić information content (AvgIpc) is 3.10. The minimum Gasteiger partial charge on any atom is -0.248 e. The van der Waals surface area contributed by atoms with E-state index in [9.17, 15) is 0 Å². The number of hydrogen-bond donors (Lipinski definition) is 0. The summed E-state index contributed by atoms with van der Waals surface area (Å²) < 4.78 is 0. The smallest absolute Gasteiger partial charge is 0.0709 e. The van der Waals surface area contributed by atoms with Gasteiger partial charge in [0.05, 0.1) is 11.2 Å². The second-order valence-corrected chi connectivity index (χ2v) is 6.31. The van der Waals surface area contributed by atoms with Crippen LogP contribution in [0.3, 0.4) is 0 Å². The van der Waals surface area contributed by atoms with E-state index in [2.05, 4.69) is 71.0 Å². The molecule has 0 spiro atoms. The highest BCUT2D eigenvalue weighted by atomic mass is 32.1. The lowest BCUT2D eigenvalue weighted by Crippen LogP contribution is -1.82. The van der Waals surface area contributed by atoms with Crippen LogP contribution in [-0.4, -0.2) is 4.98 Å². The number of nitrogens with zero attached hydrogens (tertiary/aromatic N) is 1. The highest BCUT2D eigenvalue weighted by molar-refractivity contribution is 7.11. The number of hydrogen-bond acceptors (Lipinski definition) is 2. The molecule has 0 amide bonds. The van der Waals surface area contributed by atoms with Gasteiger partial charge < -0.3 is 0 Å². The number of aromatic nitrogens is 1. The van der Waals surface area contributed by atoms with Crippen LogP contribution in [0.1, 0.15) is 10.6 Å². The van der Waals surface area contributed by atoms with Crippen molar-refractivity contribution >= 4 is 34.4 Å². The molecule has 4 rings (SSSR count). The van der Waals surface area contributed by atoms with E-state index in [1.807, 2.05) is 24.3 Å². The first-order valence-corrected chi connectivity index (χ1v) is 8.44. The van der Waals surface area contributed by atoms with E-state index in [1.165, 1.54) is 21.4 Å². The van der Waals surface area contributed by atoms with Gasteiger partial charge in [-0.3, -0.25) is 0 Å². The first-order valence-electron chi connectivity index (χ1n) is 7.56. The minimum atomic E-state index is 0.985. The van der Waals surface area contributed by atoms with E-state index >= 15 is 0 Å². The normalized spacial score (nSPS) is 11.3. The van der Waals surface area contributed by atoms with Crippen LogP contribution in [0.15, 0.2) is 78.2 Å². The second kappa shape index (κ2) is 6.19. The van der Waals surface area contributed by atoms with E-state index in [0.29, 0.717) is 0 Å². The SMILES string of the molecule is C(=C\c1cc(-c2ccccc2)cs1)/c1ccc2ccccc2n1. The van der Waals surface area contributed by atoms with Crippen LogP contribution in [0.25, 0.3) is 34.2 Å². The standard InChI is InChI=1S/C21H15NS/c1-2-6-16(7-3-1)18-14-20(23-15-18)13-12-19-11-10-17-8-4-5-9-21(17)22-19/h1-15H/b13-12+. The summed E-state index contributed by atoms with van der Waals surface area (Å²) in [7, 11) is 0. The van der Waals surface area contributed by atoms with Gasteiger partial charge in [-0.15, -0.1) is 11.3 Å². The Morgan fingerprint density at radius 3 is 2.48 bits per heavy atom. The molecule has 0 unspecified atom stereocenters. The van der Waals surface area contributed by atoms with E-state index in [4.69, 9.17) is 0 Å². The van der Waals surface area contributed by atoms with Gasteiger partial charge in [-0.1, -0.05) is 54.6 Å². The molecule has 0 aliphatic heterocycles. The molecule has 110 valence electrons. The van der Waals surface area contributed by atoms with Gasteiger partial charge in [0.1, 0.15) is 0 Å². The molecule has 2 aromatic heterocycles. The number of thiophene rings is 1. The van der Waals surface area contributed by atoms with Gasteiger partial charge in [-0.05, 0) is 46.9 Å². The summed E-state index contributed by atoms with van der Waals surface area (Å²) in [6.45, 7) is 0. The number of fused-ring (bicyclic) bond motifs is 1. The van der Waals surface area contributed by atoms with Crippen LogP contribution in [0.4, 0.5) is 0 Å². The number of para-hydroxylation sites is 1. The molecule has 0 N–H and O–H groups in total. The number of pyridine rings is 1. The molecular weight excluding hydrogens is 298 g/mol. The van der Waals surface area contributed by atoms with Crippen molar-refractivity contribution in [3.8, 4) is 11.1 Å². The molecule has 1 nitrogen and oxygen atoms in total. The first kappa shape index (κ1) is 13.9. The third kappa shape index (κ3) is 3.08. The Bertz CT molecular complexity index is 967. The second-order valence-electron chi connectivity index (χ2n) is 5.37. The summed E-state index contributed by atoms with van der Waals surface area (Å²) in [5.41, 5.74) is 4.54. The summed E-state index contributed by atoms with van der Waals surface area (Å²) in [5, 5.41) is 3.37. The molecule has 0 atom stereocenters. The maximum atomic E-state index is 4.67. The molecule has 0 saturated heterocycles. The van der Waals surface area contributed by atoms with E-state index in [0.717, 1.165) is 11.2 Å². The van der Waals surface area contributed by atoms with Crippen LogP contribution in [0, 0.1) is 0 Å². The Hall–Kier alpha value is -2.71. The zero-order valence-electron chi connectivity index (χ0n) is 12.5. The molecule has 0 fully saturated rings. The summed E-state index contributed by atoms with van der Waals surface area (Å²) >= 11 is 1.75. The first-order chi connectivity index (χ1) is 11.4. The van der Waals surface area contributed by atoms with Gasteiger partial charge in [-0.25, -0.2) is 4.98 Å². The molecule has 0 radical (unpaired) electrons. The maximum absolute atomic E-state index is 4.67. The summed E-state index contributed by atoms with van der Waals surface area (Å²) in [4.78, 5) is 5.91. The van der Waals surface area contributed by atoms with Crippen molar-refractivity contribution < 1.29 is 0 Å². The molecule has 23 heavy (non-hydrogen) atoms. The van der Waals surface area contributed by atoms with Crippen LogP contribution in [-0.2, 0) is 0 Å². The van der Waals surface area contributed by atoms with Crippen molar-refractivity contribution in [3.63, 3.8) is 0 Å². The van der Waals surface area contributed by atoms with Crippen molar-refractivity contribution in [2.45, 2.75) is 0 Å². The predicted molar refractivity (Wildman–Crippen MR) is 100 cm³/mol. The topological polar surface area (TPSA) is 12.9 Å². The maximum Gasteiger partial charge on any atom is 0.0709 e. The molecule has 0 bridgehead atoms. The van der Waals surface area contributed by atoms with E-state index in [1.54, 1.807) is 11.3 Å². The lowest BCUT2D eigenvalue weighted by atomic mass is 10.1. The molecule has 2 aromatic carbocycles. The van der Waals surface area contributed by atoms with E-state index < -0.39 is 0 Å². The Balaban J connectivity index is 1.59. The van der Waals surface area contributed by atoms with Crippen LogP contribution in [0.5, 0.6) is 0 Å². The van der Waals surface area contributed by atoms with Crippen molar-refractivity contribution in [1.29, 1.82) is 0 Å².